The van der Waals surface area contributed by atoms with Crippen LogP contribution in [0.15, 0.2) is 77.3 Å². The number of halogens is 1. The molecule has 0 bridgehead atoms. The van der Waals surface area contributed by atoms with Gasteiger partial charge in [0.25, 0.3) is 0 Å². The van der Waals surface area contributed by atoms with Gasteiger partial charge >= 0.3 is 11.9 Å². The average molecular weight is 457 g/mol. The van der Waals surface area contributed by atoms with Gasteiger partial charge in [-0.25, -0.2) is 9.59 Å². The lowest BCUT2D eigenvalue weighted by atomic mass is 10.2. The minimum absolute atomic E-state index is 0.0340. The van der Waals surface area contributed by atoms with E-state index in [1.54, 1.807) is 24.3 Å². The van der Waals surface area contributed by atoms with Crippen LogP contribution in [0.3, 0.4) is 0 Å². The number of carbonyl (C=O) groups excluding carboxylic acids is 1. The third-order valence-corrected chi connectivity index (χ3v) is 4.30. The molecule has 0 aliphatic carbocycles. The Hall–Kier alpha value is -3.32. The highest BCUT2D eigenvalue weighted by Gasteiger charge is 2.17. The van der Waals surface area contributed by atoms with Gasteiger partial charge in [-0.2, -0.15) is 0 Å². The normalized spacial score (nSPS) is 10.2. The maximum atomic E-state index is 12.4. The maximum Gasteiger partial charge on any atom is 0.343 e. The number of rotatable bonds is 8. The van der Waals surface area contributed by atoms with E-state index in [1.807, 2.05) is 30.3 Å². The predicted octanol–water partition coefficient (Wildman–Crippen LogP) is 4.82. The highest BCUT2D eigenvalue weighted by atomic mass is 79.9. The van der Waals surface area contributed by atoms with Crippen molar-refractivity contribution in [3.8, 4) is 17.2 Å². The lowest BCUT2D eigenvalue weighted by molar-refractivity contribution is 0.0681. The van der Waals surface area contributed by atoms with Gasteiger partial charge in [-0.1, -0.05) is 40.2 Å². The van der Waals surface area contributed by atoms with Crippen LogP contribution in [0.1, 0.15) is 20.7 Å². The molecule has 0 fully saturated rings. The molecule has 3 aromatic carbocycles. The Morgan fingerprint density at radius 1 is 0.828 bits per heavy atom. The molecular weight excluding hydrogens is 440 g/mol. The average Bonchev–Trinajstić information content (AvgIpc) is 2.73. The lowest BCUT2D eigenvalue weighted by Gasteiger charge is -2.10. The molecule has 0 heterocycles. The van der Waals surface area contributed by atoms with Gasteiger partial charge in [0, 0.05) is 4.47 Å². The van der Waals surface area contributed by atoms with Crippen molar-refractivity contribution >= 4 is 27.9 Å². The van der Waals surface area contributed by atoms with Gasteiger partial charge < -0.3 is 19.3 Å². The molecule has 0 aliphatic rings. The number of aromatic carboxylic acids is 1. The topological polar surface area (TPSA) is 82.1 Å². The SMILES string of the molecule is O=C(Oc1ccc(Br)cc1C(=O)O)c1cccc(OCCOc2ccccc2)c1. The van der Waals surface area contributed by atoms with Crippen LogP contribution in [-0.4, -0.2) is 30.3 Å². The fourth-order valence-electron chi connectivity index (χ4n) is 2.47. The van der Waals surface area contributed by atoms with Gasteiger partial charge in [-0.3, -0.25) is 0 Å². The Balaban J connectivity index is 1.60. The molecule has 6 nitrogen and oxygen atoms in total. The van der Waals surface area contributed by atoms with Crippen LogP contribution < -0.4 is 14.2 Å². The van der Waals surface area contributed by atoms with Crippen molar-refractivity contribution in [2.75, 3.05) is 13.2 Å². The molecule has 0 aliphatic heterocycles. The summed E-state index contributed by atoms with van der Waals surface area (Å²) in [5, 5.41) is 9.28. The van der Waals surface area contributed by atoms with Crippen LogP contribution in [0, 0.1) is 0 Å². The van der Waals surface area contributed by atoms with Crippen molar-refractivity contribution in [3.05, 3.63) is 88.4 Å². The third kappa shape index (κ3) is 5.83. The number of carboxylic acids is 1. The molecule has 7 heteroatoms. The zero-order chi connectivity index (χ0) is 20.6. The first-order chi connectivity index (χ1) is 14.0. The van der Waals surface area contributed by atoms with Crippen molar-refractivity contribution < 1.29 is 28.9 Å². The van der Waals surface area contributed by atoms with Crippen LogP contribution in [0.5, 0.6) is 17.2 Å². The number of carbonyl (C=O) groups is 2. The Morgan fingerprint density at radius 2 is 1.52 bits per heavy atom. The van der Waals surface area contributed by atoms with Crippen LogP contribution >= 0.6 is 15.9 Å². The second kappa shape index (κ2) is 9.75. The smallest absolute Gasteiger partial charge is 0.343 e. The van der Waals surface area contributed by atoms with E-state index in [1.165, 1.54) is 18.2 Å². The van der Waals surface area contributed by atoms with Crippen molar-refractivity contribution in [3.63, 3.8) is 0 Å². The van der Waals surface area contributed by atoms with E-state index in [0.717, 1.165) is 5.75 Å². The first-order valence-electron chi connectivity index (χ1n) is 8.68. The Labute approximate surface area is 175 Å². The largest absolute Gasteiger partial charge is 0.490 e. The first kappa shape index (κ1) is 20.4. The molecule has 0 saturated carbocycles. The number of benzene rings is 3. The van der Waals surface area contributed by atoms with E-state index in [-0.39, 0.29) is 16.9 Å². The van der Waals surface area contributed by atoms with Crippen LogP contribution in [0.4, 0.5) is 0 Å². The van der Waals surface area contributed by atoms with Crippen LogP contribution in [-0.2, 0) is 0 Å². The van der Waals surface area contributed by atoms with Gasteiger partial charge in [0.05, 0.1) is 5.56 Å². The highest BCUT2D eigenvalue weighted by molar-refractivity contribution is 9.10. The van der Waals surface area contributed by atoms with E-state index in [0.29, 0.717) is 23.4 Å². The van der Waals surface area contributed by atoms with Crippen molar-refractivity contribution in [1.29, 1.82) is 0 Å². The molecule has 0 spiro atoms. The number of carboxylic acid groups (broad SMARTS) is 1. The standard InChI is InChI=1S/C22H17BrO6/c23-16-9-10-20(19(14-16)21(24)25)29-22(26)15-5-4-8-18(13-15)28-12-11-27-17-6-2-1-3-7-17/h1-10,13-14H,11-12H2,(H,24,25). The van der Waals surface area contributed by atoms with Crippen molar-refractivity contribution in [1.82, 2.24) is 0 Å². The maximum absolute atomic E-state index is 12.4. The Bertz CT molecular complexity index is 1000. The van der Waals surface area contributed by atoms with E-state index < -0.39 is 11.9 Å². The second-order valence-corrected chi connectivity index (χ2v) is 6.79. The fraction of sp³-hybridized carbons (Fsp3) is 0.0909. The van der Waals surface area contributed by atoms with Gasteiger partial charge in [-0.05, 0) is 48.5 Å². The minimum Gasteiger partial charge on any atom is -0.490 e. The van der Waals surface area contributed by atoms with Crippen molar-refractivity contribution in [2.24, 2.45) is 0 Å². The van der Waals surface area contributed by atoms with Gasteiger partial charge in [0.2, 0.25) is 0 Å². The third-order valence-electron chi connectivity index (χ3n) is 3.81. The zero-order valence-electron chi connectivity index (χ0n) is 15.2. The number of esters is 1. The summed E-state index contributed by atoms with van der Waals surface area (Å²) in [4.78, 5) is 23.8. The number of ether oxygens (including phenoxy) is 3. The lowest BCUT2D eigenvalue weighted by Crippen LogP contribution is -2.12. The number of hydrogen-bond donors (Lipinski definition) is 1. The summed E-state index contributed by atoms with van der Waals surface area (Å²) in [7, 11) is 0. The second-order valence-electron chi connectivity index (χ2n) is 5.87. The van der Waals surface area contributed by atoms with E-state index in [4.69, 9.17) is 14.2 Å². The molecule has 1 N–H and O–H groups in total. The van der Waals surface area contributed by atoms with E-state index in [2.05, 4.69) is 15.9 Å². The summed E-state index contributed by atoms with van der Waals surface area (Å²) in [6, 6.07) is 20.2. The quantitative estimate of drug-likeness (QED) is 0.297. The molecule has 3 rings (SSSR count). The molecule has 3 aromatic rings. The monoisotopic (exact) mass is 456 g/mol. The molecule has 0 amide bonds. The van der Waals surface area contributed by atoms with E-state index >= 15 is 0 Å². The number of para-hydroxylation sites is 1. The summed E-state index contributed by atoms with van der Waals surface area (Å²) in [6.45, 7) is 0.642. The molecule has 29 heavy (non-hydrogen) atoms. The fourth-order valence-corrected chi connectivity index (χ4v) is 2.83. The summed E-state index contributed by atoms with van der Waals surface area (Å²) < 4.78 is 17.0. The summed E-state index contributed by atoms with van der Waals surface area (Å²) in [6.07, 6.45) is 0. The molecular formula is C22H17BrO6. The predicted molar refractivity (Wildman–Crippen MR) is 110 cm³/mol. The molecule has 0 radical (unpaired) electrons. The highest BCUT2D eigenvalue weighted by Crippen LogP contribution is 2.25. The Morgan fingerprint density at radius 3 is 2.24 bits per heavy atom. The number of hydrogen-bond acceptors (Lipinski definition) is 5. The van der Waals surface area contributed by atoms with Gasteiger partial charge in [0.15, 0.2) is 0 Å². The summed E-state index contributed by atoms with van der Waals surface area (Å²) >= 11 is 3.20. The summed E-state index contributed by atoms with van der Waals surface area (Å²) in [5.74, 6) is -0.679. The molecule has 148 valence electrons. The summed E-state index contributed by atoms with van der Waals surface area (Å²) in [5.41, 5.74) is 0.129. The molecule has 0 saturated heterocycles. The molecule has 0 aromatic heterocycles. The van der Waals surface area contributed by atoms with E-state index in [9.17, 15) is 14.7 Å². The molecule has 0 atom stereocenters. The van der Waals surface area contributed by atoms with Gasteiger partial charge in [0.1, 0.15) is 36.0 Å². The molecule has 0 unspecified atom stereocenters. The van der Waals surface area contributed by atoms with Crippen LogP contribution in [0.2, 0.25) is 0 Å². The van der Waals surface area contributed by atoms with Gasteiger partial charge in [-0.15, -0.1) is 0 Å². The van der Waals surface area contributed by atoms with Crippen LogP contribution in [0.25, 0.3) is 0 Å². The Kier molecular flexibility index (Phi) is 6.86. The minimum atomic E-state index is -1.19. The first-order valence-corrected chi connectivity index (χ1v) is 9.48. The zero-order valence-corrected chi connectivity index (χ0v) is 16.8. The van der Waals surface area contributed by atoms with Crippen molar-refractivity contribution in [2.45, 2.75) is 0 Å².